The minimum atomic E-state index is -1.85. The number of hydrogen-bond acceptors (Lipinski definition) is 4. The van der Waals surface area contributed by atoms with Gasteiger partial charge in [-0.2, -0.15) is 5.26 Å². The zero-order valence-corrected chi connectivity index (χ0v) is 6.84. The number of hydrogen-bond donors (Lipinski definition) is 2. The lowest BCUT2D eigenvalue weighted by Gasteiger charge is -2.07. The molecule has 0 atom stereocenters. The molecular formula is C8H8BNO3. The molecule has 0 heterocycles. The summed E-state index contributed by atoms with van der Waals surface area (Å²) in [4.78, 5) is 0. The van der Waals surface area contributed by atoms with E-state index in [2.05, 4.69) is 4.65 Å². The maximum atomic E-state index is 8.55. The highest BCUT2D eigenvalue weighted by Crippen LogP contribution is 2.17. The normalized spacial score (nSPS) is 9.00. The zero-order chi connectivity index (χ0) is 9.68. The fraction of sp³-hybridized carbons (Fsp3) is 0.125. The molecule has 0 aliphatic rings. The van der Waals surface area contributed by atoms with Crippen LogP contribution < -0.4 is 4.65 Å². The highest BCUT2D eigenvalue weighted by molar-refractivity contribution is 6.33. The van der Waals surface area contributed by atoms with E-state index in [9.17, 15) is 0 Å². The van der Waals surface area contributed by atoms with Crippen molar-refractivity contribution in [3.8, 4) is 11.8 Å². The average Bonchev–Trinajstić information content (AvgIpc) is 2.08. The van der Waals surface area contributed by atoms with E-state index in [1.54, 1.807) is 24.3 Å². The van der Waals surface area contributed by atoms with Crippen molar-refractivity contribution < 1.29 is 14.7 Å². The fourth-order valence-electron chi connectivity index (χ4n) is 0.964. The molecular weight excluding hydrogens is 169 g/mol. The van der Waals surface area contributed by atoms with Crippen LogP contribution in [-0.4, -0.2) is 17.4 Å². The third kappa shape index (κ3) is 2.78. The first-order chi connectivity index (χ1) is 6.24. The predicted octanol–water partition coefficient (Wildman–Crippen LogP) is 0.101. The van der Waals surface area contributed by atoms with Crippen molar-refractivity contribution in [1.29, 1.82) is 5.26 Å². The molecule has 4 nitrogen and oxygen atoms in total. The Morgan fingerprint density at radius 1 is 1.38 bits per heavy atom. The summed E-state index contributed by atoms with van der Waals surface area (Å²) >= 11 is 0. The molecule has 2 N–H and O–H groups in total. The summed E-state index contributed by atoms with van der Waals surface area (Å²) in [5.74, 6) is 0.319. The SMILES string of the molecule is N#CCc1ccccc1OB(O)O. The summed E-state index contributed by atoms with van der Waals surface area (Å²) in [7, 11) is -1.85. The standard InChI is InChI=1S/C8H8BNO3/c10-6-5-7-3-1-2-4-8(7)13-9(11)12/h1-4,11-12H,5H2. The van der Waals surface area contributed by atoms with Gasteiger partial charge in [0.15, 0.2) is 0 Å². The minimum Gasteiger partial charge on any atom is -0.512 e. The maximum absolute atomic E-state index is 8.55. The van der Waals surface area contributed by atoms with Crippen molar-refractivity contribution in [3.63, 3.8) is 0 Å². The van der Waals surface area contributed by atoms with Crippen LogP contribution in [0.4, 0.5) is 0 Å². The molecule has 0 fully saturated rings. The number of benzene rings is 1. The second kappa shape index (κ2) is 4.50. The molecule has 1 aromatic carbocycles. The van der Waals surface area contributed by atoms with Crippen molar-refractivity contribution >= 4 is 7.32 Å². The largest absolute Gasteiger partial charge is 0.707 e. The second-order valence-corrected chi connectivity index (χ2v) is 2.39. The molecule has 5 heteroatoms. The summed E-state index contributed by atoms with van der Waals surface area (Å²) in [6.45, 7) is 0. The van der Waals surface area contributed by atoms with E-state index in [1.165, 1.54) is 0 Å². The Balaban J connectivity index is 2.85. The number of rotatable bonds is 3. The number of nitrogens with zero attached hydrogens (tertiary/aromatic N) is 1. The lowest BCUT2D eigenvalue weighted by Crippen LogP contribution is -2.21. The topological polar surface area (TPSA) is 73.5 Å². The molecule has 0 radical (unpaired) electrons. The molecule has 1 aromatic rings. The van der Waals surface area contributed by atoms with Crippen LogP contribution in [-0.2, 0) is 6.42 Å². The summed E-state index contributed by atoms with van der Waals surface area (Å²) < 4.78 is 4.66. The van der Waals surface area contributed by atoms with Gasteiger partial charge >= 0.3 is 7.32 Å². The minimum absolute atomic E-state index is 0.183. The third-order valence-corrected chi connectivity index (χ3v) is 1.47. The Morgan fingerprint density at radius 2 is 2.08 bits per heavy atom. The van der Waals surface area contributed by atoms with Gasteiger partial charge in [0.1, 0.15) is 5.75 Å². The van der Waals surface area contributed by atoms with Gasteiger partial charge in [0.2, 0.25) is 0 Å². The van der Waals surface area contributed by atoms with Crippen molar-refractivity contribution in [2.24, 2.45) is 0 Å². The molecule has 13 heavy (non-hydrogen) atoms. The smallest absolute Gasteiger partial charge is 0.512 e. The van der Waals surface area contributed by atoms with Crippen molar-refractivity contribution in [3.05, 3.63) is 29.8 Å². The van der Waals surface area contributed by atoms with E-state index in [4.69, 9.17) is 15.3 Å². The first-order valence-corrected chi connectivity index (χ1v) is 3.71. The second-order valence-electron chi connectivity index (χ2n) is 2.39. The summed E-state index contributed by atoms with van der Waals surface area (Å²) in [6, 6.07) is 8.67. The molecule has 0 aliphatic carbocycles. The lowest BCUT2D eigenvalue weighted by molar-refractivity contribution is 0.287. The van der Waals surface area contributed by atoms with Crippen LogP contribution in [0.25, 0.3) is 0 Å². The quantitative estimate of drug-likeness (QED) is 0.642. The Labute approximate surface area is 76.2 Å². The van der Waals surface area contributed by atoms with Crippen molar-refractivity contribution in [2.75, 3.05) is 0 Å². The van der Waals surface area contributed by atoms with Crippen LogP contribution in [0.1, 0.15) is 5.56 Å². The zero-order valence-electron chi connectivity index (χ0n) is 6.84. The molecule has 66 valence electrons. The molecule has 1 rings (SSSR count). The molecule has 0 spiro atoms. The predicted molar refractivity (Wildman–Crippen MR) is 46.6 cm³/mol. The number of nitriles is 1. The van der Waals surface area contributed by atoms with Gasteiger partial charge in [-0.1, -0.05) is 18.2 Å². The monoisotopic (exact) mass is 177 g/mol. The highest BCUT2D eigenvalue weighted by atomic mass is 16.6. The van der Waals surface area contributed by atoms with Crippen molar-refractivity contribution in [1.82, 2.24) is 0 Å². The van der Waals surface area contributed by atoms with E-state index in [1.807, 2.05) is 6.07 Å². The van der Waals surface area contributed by atoms with Crippen LogP contribution >= 0.6 is 0 Å². The van der Waals surface area contributed by atoms with Gasteiger partial charge in [-0.15, -0.1) is 0 Å². The van der Waals surface area contributed by atoms with Gasteiger partial charge < -0.3 is 14.7 Å². The summed E-state index contributed by atoms with van der Waals surface area (Å²) in [6.07, 6.45) is 0.183. The van der Waals surface area contributed by atoms with Gasteiger partial charge in [-0.3, -0.25) is 0 Å². The van der Waals surface area contributed by atoms with Crippen LogP contribution in [0, 0.1) is 11.3 Å². The third-order valence-electron chi connectivity index (χ3n) is 1.47. The summed E-state index contributed by atoms with van der Waals surface area (Å²) in [5, 5.41) is 25.5. The van der Waals surface area contributed by atoms with Gasteiger partial charge in [0, 0.05) is 5.56 Å². The average molecular weight is 177 g/mol. The van der Waals surface area contributed by atoms with E-state index in [0.717, 1.165) is 0 Å². The van der Waals surface area contributed by atoms with E-state index >= 15 is 0 Å². The molecule has 0 aromatic heterocycles. The summed E-state index contributed by atoms with van der Waals surface area (Å²) in [5.41, 5.74) is 0.637. The first kappa shape index (κ1) is 9.58. The highest BCUT2D eigenvalue weighted by Gasteiger charge is 2.13. The van der Waals surface area contributed by atoms with Crippen LogP contribution in [0.5, 0.6) is 5.75 Å². The van der Waals surface area contributed by atoms with Gasteiger partial charge in [0.25, 0.3) is 0 Å². The maximum Gasteiger partial charge on any atom is 0.707 e. The van der Waals surface area contributed by atoms with Crippen LogP contribution in [0.3, 0.4) is 0 Å². The molecule has 0 bridgehead atoms. The Bertz CT molecular complexity index is 321. The molecule has 0 saturated heterocycles. The van der Waals surface area contributed by atoms with Gasteiger partial charge in [-0.25, -0.2) is 0 Å². The van der Waals surface area contributed by atoms with Crippen LogP contribution in [0.2, 0.25) is 0 Å². The van der Waals surface area contributed by atoms with Crippen molar-refractivity contribution in [2.45, 2.75) is 6.42 Å². The fourth-order valence-corrected chi connectivity index (χ4v) is 0.964. The van der Waals surface area contributed by atoms with Crippen LogP contribution in [0.15, 0.2) is 24.3 Å². The van der Waals surface area contributed by atoms with E-state index in [-0.39, 0.29) is 6.42 Å². The van der Waals surface area contributed by atoms with E-state index < -0.39 is 7.32 Å². The Morgan fingerprint density at radius 3 is 2.69 bits per heavy atom. The van der Waals surface area contributed by atoms with E-state index in [0.29, 0.717) is 11.3 Å². The van der Waals surface area contributed by atoms with Gasteiger partial charge in [0.05, 0.1) is 12.5 Å². The Hall–Kier alpha value is -1.51. The first-order valence-electron chi connectivity index (χ1n) is 3.71. The number of para-hydroxylation sites is 1. The molecule has 0 aliphatic heterocycles. The molecule has 0 unspecified atom stereocenters. The lowest BCUT2D eigenvalue weighted by atomic mass is 10.1. The molecule has 0 saturated carbocycles. The Kier molecular flexibility index (Phi) is 3.32. The van der Waals surface area contributed by atoms with Gasteiger partial charge in [-0.05, 0) is 6.07 Å². The molecule has 0 amide bonds.